The monoisotopic (exact) mass is 374 g/mol. The van der Waals surface area contributed by atoms with Crippen LogP contribution in [-0.2, 0) is 14.6 Å². The molecule has 0 aliphatic heterocycles. The van der Waals surface area contributed by atoms with Gasteiger partial charge in [0.1, 0.15) is 35.2 Å². The molecular formula is C16H14N4O5S. The van der Waals surface area contributed by atoms with Crippen LogP contribution in [0.3, 0.4) is 0 Å². The van der Waals surface area contributed by atoms with Gasteiger partial charge < -0.3 is 14.8 Å². The van der Waals surface area contributed by atoms with E-state index in [9.17, 15) is 13.2 Å². The lowest BCUT2D eigenvalue weighted by molar-refractivity contribution is 0.0597. The molecule has 0 aromatic heterocycles. The Kier molecular flexibility index (Phi) is 6.72. The van der Waals surface area contributed by atoms with E-state index in [2.05, 4.69) is 10.1 Å². The van der Waals surface area contributed by atoms with Gasteiger partial charge in [-0.2, -0.15) is 15.8 Å². The lowest BCUT2D eigenvalue weighted by atomic mass is 10.1. The number of carbonyl (C=O) groups is 1. The highest BCUT2D eigenvalue weighted by Gasteiger charge is 2.24. The highest BCUT2D eigenvalue weighted by atomic mass is 32.2. The van der Waals surface area contributed by atoms with Gasteiger partial charge in [-0.1, -0.05) is 6.92 Å². The summed E-state index contributed by atoms with van der Waals surface area (Å²) in [7, 11) is -1.44. The van der Waals surface area contributed by atoms with E-state index in [1.54, 1.807) is 18.2 Å². The highest BCUT2D eigenvalue weighted by molar-refractivity contribution is 7.91. The lowest BCUT2D eigenvalue weighted by Crippen LogP contribution is -2.13. The number of allylic oxidation sites excluding steroid dienone is 2. The molecule has 26 heavy (non-hydrogen) atoms. The van der Waals surface area contributed by atoms with Crippen molar-refractivity contribution in [1.29, 1.82) is 15.8 Å². The number of carbonyl (C=O) groups excluding carboxylic acids is 1. The number of hydrogen-bond donors (Lipinski definition) is 1. The zero-order valence-corrected chi connectivity index (χ0v) is 15.0. The van der Waals surface area contributed by atoms with E-state index in [0.717, 1.165) is 13.2 Å². The van der Waals surface area contributed by atoms with Crippen LogP contribution in [0.1, 0.15) is 17.3 Å². The number of hydrogen-bond acceptors (Lipinski definition) is 9. The Morgan fingerprint density at radius 1 is 1.15 bits per heavy atom. The van der Waals surface area contributed by atoms with Crippen LogP contribution in [0.4, 0.5) is 5.69 Å². The van der Waals surface area contributed by atoms with E-state index in [0.29, 0.717) is 0 Å². The van der Waals surface area contributed by atoms with Crippen LogP contribution in [-0.4, -0.2) is 34.4 Å². The van der Waals surface area contributed by atoms with Gasteiger partial charge in [0, 0.05) is 6.07 Å². The summed E-state index contributed by atoms with van der Waals surface area (Å²) in [6, 6.07) is 6.95. The molecule has 0 atom stereocenters. The summed E-state index contributed by atoms with van der Waals surface area (Å²) in [5.74, 6) is -1.11. The molecule has 0 bridgehead atoms. The second-order valence-electron chi connectivity index (χ2n) is 4.65. The van der Waals surface area contributed by atoms with Crippen molar-refractivity contribution in [3.05, 3.63) is 29.0 Å². The molecule has 0 aliphatic carbocycles. The number of nitrogens with zero attached hydrogens (tertiary/aromatic N) is 3. The van der Waals surface area contributed by atoms with Gasteiger partial charge in [0.2, 0.25) is 0 Å². The molecule has 134 valence electrons. The fourth-order valence-corrected chi connectivity index (χ4v) is 2.98. The predicted molar refractivity (Wildman–Crippen MR) is 89.5 cm³/mol. The maximum Gasteiger partial charge on any atom is 0.341 e. The highest BCUT2D eigenvalue weighted by Crippen LogP contribution is 2.32. The van der Waals surface area contributed by atoms with Crippen LogP contribution in [0, 0.1) is 34.0 Å². The first kappa shape index (κ1) is 20.5. The number of ether oxygens (including phenoxy) is 2. The standard InChI is InChI=1S/C16H14N4O5S/c1-4-26(22,23)15-5-11(16(21)25-3)14(24-2)6-12(15)20-13(9-19)10(7-17)8-18/h5-6,20H,4H2,1-3H3. The van der Waals surface area contributed by atoms with Crippen molar-refractivity contribution in [3.8, 4) is 24.0 Å². The van der Waals surface area contributed by atoms with Crippen LogP contribution < -0.4 is 10.1 Å². The van der Waals surface area contributed by atoms with E-state index in [4.69, 9.17) is 20.5 Å². The topological polar surface area (TPSA) is 153 Å². The van der Waals surface area contributed by atoms with Crippen molar-refractivity contribution in [1.82, 2.24) is 0 Å². The Morgan fingerprint density at radius 3 is 2.19 bits per heavy atom. The van der Waals surface area contributed by atoms with Gasteiger partial charge in [-0.25, -0.2) is 13.2 Å². The van der Waals surface area contributed by atoms with Gasteiger partial charge in [-0.05, 0) is 6.07 Å². The Balaban J connectivity index is 3.80. The number of esters is 1. The Labute approximate surface area is 150 Å². The van der Waals surface area contributed by atoms with Crippen LogP contribution in [0.5, 0.6) is 5.75 Å². The molecule has 0 unspecified atom stereocenters. The summed E-state index contributed by atoms with van der Waals surface area (Å²) in [5.41, 5.74) is -1.20. The third kappa shape index (κ3) is 4.10. The van der Waals surface area contributed by atoms with Gasteiger partial charge in [-0.3, -0.25) is 0 Å². The SMILES string of the molecule is CCS(=O)(=O)c1cc(C(=O)OC)c(OC)cc1NC(C#N)=C(C#N)C#N. The molecule has 1 rings (SSSR count). The van der Waals surface area contributed by atoms with E-state index in [1.165, 1.54) is 20.1 Å². The molecule has 10 heteroatoms. The maximum absolute atomic E-state index is 12.4. The number of nitrogens with one attached hydrogen (secondary N) is 1. The first-order valence-corrected chi connectivity index (χ1v) is 8.69. The largest absolute Gasteiger partial charge is 0.496 e. The molecule has 0 amide bonds. The normalized spacial score (nSPS) is 9.85. The minimum Gasteiger partial charge on any atom is -0.496 e. The third-order valence-corrected chi connectivity index (χ3v) is 5.04. The molecule has 0 heterocycles. The summed E-state index contributed by atoms with van der Waals surface area (Å²) < 4.78 is 34.5. The minimum absolute atomic E-state index is 0.0119. The zero-order chi connectivity index (χ0) is 19.9. The van der Waals surface area contributed by atoms with Gasteiger partial charge >= 0.3 is 5.97 Å². The molecule has 0 saturated carbocycles. The second-order valence-corrected chi connectivity index (χ2v) is 6.90. The Morgan fingerprint density at radius 2 is 1.77 bits per heavy atom. The molecular weight excluding hydrogens is 360 g/mol. The van der Waals surface area contributed by atoms with Crippen molar-refractivity contribution in [2.75, 3.05) is 25.3 Å². The summed E-state index contributed by atoms with van der Waals surface area (Å²) in [4.78, 5) is 11.6. The maximum atomic E-state index is 12.4. The number of nitriles is 3. The number of rotatable bonds is 6. The zero-order valence-electron chi connectivity index (χ0n) is 14.2. The molecule has 9 nitrogen and oxygen atoms in total. The third-order valence-electron chi connectivity index (χ3n) is 3.27. The van der Waals surface area contributed by atoms with Crippen molar-refractivity contribution < 1.29 is 22.7 Å². The fraction of sp³-hybridized carbons (Fsp3) is 0.250. The van der Waals surface area contributed by atoms with Crippen molar-refractivity contribution >= 4 is 21.5 Å². The minimum atomic E-state index is -3.83. The molecule has 1 aromatic carbocycles. The molecule has 1 aromatic rings. The fourth-order valence-electron chi connectivity index (χ4n) is 1.93. The Bertz CT molecular complexity index is 975. The predicted octanol–water partition coefficient (Wildman–Crippen LogP) is 1.51. The number of sulfone groups is 1. The Hall–Kier alpha value is -3.55. The molecule has 1 N–H and O–H groups in total. The molecule has 0 fully saturated rings. The van der Waals surface area contributed by atoms with E-state index >= 15 is 0 Å². The average Bonchev–Trinajstić information content (AvgIpc) is 2.66. The van der Waals surface area contributed by atoms with E-state index in [1.807, 2.05) is 0 Å². The summed E-state index contributed by atoms with van der Waals surface area (Å²) in [5, 5.41) is 29.4. The van der Waals surface area contributed by atoms with E-state index in [-0.39, 0.29) is 27.6 Å². The molecule has 0 spiro atoms. The van der Waals surface area contributed by atoms with Crippen LogP contribution in [0.2, 0.25) is 0 Å². The van der Waals surface area contributed by atoms with Gasteiger partial charge in [0.05, 0.1) is 30.6 Å². The smallest absolute Gasteiger partial charge is 0.341 e. The van der Waals surface area contributed by atoms with Crippen molar-refractivity contribution in [2.24, 2.45) is 0 Å². The van der Waals surface area contributed by atoms with Crippen molar-refractivity contribution in [3.63, 3.8) is 0 Å². The van der Waals surface area contributed by atoms with Crippen LogP contribution in [0.15, 0.2) is 28.3 Å². The first-order chi connectivity index (χ1) is 12.3. The van der Waals surface area contributed by atoms with Crippen LogP contribution in [0.25, 0.3) is 0 Å². The van der Waals surface area contributed by atoms with Gasteiger partial charge in [0.15, 0.2) is 15.4 Å². The quantitative estimate of drug-likeness (QED) is 0.576. The van der Waals surface area contributed by atoms with Crippen LogP contribution >= 0.6 is 0 Å². The first-order valence-electron chi connectivity index (χ1n) is 7.04. The second kappa shape index (κ2) is 8.52. The lowest BCUT2D eigenvalue weighted by Gasteiger charge is -2.15. The summed E-state index contributed by atoms with van der Waals surface area (Å²) in [6.45, 7) is 1.40. The molecule has 0 radical (unpaired) electrons. The molecule has 0 aliphatic rings. The summed E-state index contributed by atoms with van der Waals surface area (Å²) >= 11 is 0. The molecule has 0 saturated heterocycles. The van der Waals surface area contributed by atoms with Crippen molar-refractivity contribution in [2.45, 2.75) is 11.8 Å². The number of anilines is 1. The number of benzene rings is 1. The van der Waals surface area contributed by atoms with Gasteiger partial charge in [0.25, 0.3) is 0 Å². The van der Waals surface area contributed by atoms with Gasteiger partial charge in [-0.15, -0.1) is 0 Å². The number of methoxy groups -OCH3 is 2. The van der Waals surface area contributed by atoms with E-state index < -0.39 is 27.1 Å². The average molecular weight is 374 g/mol. The summed E-state index contributed by atoms with van der Waals surface area (Å²) in [6.07, 6.45) is 0.